The lowest BCUT2D eigenvalue weighted by Gasteiger charge is -2.49. The van der Waals surface area contributed by atoms with Gasteiger partial charge in [0.2, 0.25) is 0 Å². The lowest BCUT2D eigenvalue weighted by Crippen LogP contribution is -2.71. The van der Waals surface area contributed by atoms with Crippen LogP contribution in [-0.2, 0) is 19.2 Å². The van der Waals surface area contributed by atoms with Gasteiger partial charge in [-0.3, -0.25) is 14.5 Å². The average molecular weight is 434 g/mol. The fourth-order valence-corrected chi connectivity index (χ4v) is 4.51. The number of rotatable bonds is 5. The summed E-state index contributed by atoms with van der Waals surface area (Å²) in [6.07, 6.45) is 1.51. The summed E-state index contributed by atoms with van der Waals surface area (Å²) in [6.45, 7) is 1.82. The van der Waals surface area contributed by atoms with Gasteiger partial charge in [0.05, 0.1) is 0 Å². The molecule has 4 N–H and O–H groups in total. The first-order valence-corrected chi connectivity index (χ1v) is 9.22. The minimum Gasteiger partial charge on any atom is -0.477 e. The molecular weight excluding hydrogens is 418 g/mol. The number of thioether (sulfide) groups is 1. The summed E-state index contributed by atoms with van der Waals surface area (Å²) < 4.78 is 0. The molecule has 0 radical (unpaired) electrons. The third-order valence-electron chi connectivity index (χ3n) is 3.72. The Balaban J connectivity index is 0.00000261. The quantitative estimate of drug-likeness (QED) is 0.340. The molecule has 2 amide bonds. The number of hydrogen-bond acceptors (Lipinski definition) is 9. The number of halogens is 1. The number of nitrogens with one attached hydrogen (secondary N) is 1. The molecule has 2 aliphatic rings. The van der Waals surface area contributed by atoms with Crippen LogP contribution in [0.3, 0.4) is 0 Å². The number of oxime groups is 1. The SMILES string of the molecule is CO/N=C(/C(=O)NC1C(=O)N2C(C(=O)O)=CC(C)S[C@H]12)c1csc(N)n1.Cl. The number of carboxylic acids is 1. The normalized spacial score (nSPS) is 24.1. The van der Waals surface area contributed by atoms with Crippen LogP contribution < -0.4 is 11.1 Å². The number of aliphatic carboxylic acids is 1. The van der Waals surface area contributed by atoms with Crippen molar-refractivity contribution < 1.29 is 24.3 Å². The van der Waals surface area contributed by atoms with Crippen molar-refractivity contribution in [3.05, 3.63) is 22.8 Å². The molecule has 13 heteroatoms. The predicted molar refractivity (Wildman–Crippen MR) is 103 cm³/mol. The van der Waals surface area contributed by atoms with E-state index in [4.69, 9.17) is 5.73 Å². The number of amides is 2. The second kappa shape index (κ2) is 8.15. The Bertz CT molecular complexity index is 842. The van der Waals surface area contributed by atoms with Crippen molar-refractivity contribution in [1.82, 2.24) is 15.2 Å². The molecule has 1 fully saturated rings. The van der Waals surface area contributed by atoms with Crippen LogP contribution >= 0.6 is 35.5 Å². The number of nitrogens with two attached hydrogens (primary N) is 1. The molecule has 0 aromatic carbocycles. The zero-order valence-corrected chi connectivity index (χ0v) is 16.6. The van der Waals surface area contributed by atoms with Crippen molar-refractivity contribution >= 4 is 64.1 Å². The monoisotopic (exact) mass is 433 g/mol. The number of carboxylic acid groups (broad SMARTS) is 1. The van der Waals surface area contributed by atoms with E-state index < -0.39 is 29.2 Å². The minimum absolute atomic E-state index is 0. The van der Waals surface area contributed by atoms with Gasteiger partial charge in [-0.25, -0.2) is 9.78 Å². The Morgan fingerprint density at radius 2 is 2.19 bits per heavy atom. The summed E-state index contributed by atoms with van der Waals surface area (Å²) in [5.41, 5.74) is 5.61. The molecule has 1 aromatic heterocycles. The number of nitrogen functional groups attached to an aromatic ring is 1. The van der Waals surface area contributed by atoms with Crippen molar-refractivity contribution in [2.45, 2.75) is 23.6 Å². The van der Waals surface area contributed by atoms with Gasteiger partial charge in [-0.05, 0) is 13.0 Å². The summed E-state index contributed by atoms with van der Waals surface area (Å²) in [4.78, 5) is 46.1. The molecule has 0 spiro atoms. The Labute approximate surface area is 168 Å². The van der Waals surface area contributed by atoms with E-state index in [1.54, 1.807) is 5.38 Å². The molecule has 10 nitrogen and oxygen atoms in total. The maximum absolute atomic E-state index is 12.6. The van der Waals surface area contributed by atoms with Gasteiger partial charge in [0.15, 0.2) is 10.8 Å². The van der Waals surface area contributed by atoms with Gasteiger partial charge in [-0.1, -0.05) is 5.16 Å². The molecule has 1 aromatic rings. The van der Waals surface area contributed by atoms with E-state index in [0.29, 0.717) is 0 Å². The number of β-lactam (4-membered cyclic amide) rings is 1. The van der Waals surface area contributed by atoms with E-state index in [-0.39, 0.29) is 39.9 Å². The number of fused-ring (bicyclic) bond motifs is 1. The third kappa shape index (κ3) is 3.87. The van der Waals surface area contributed by atoms with E-state index in [2.05, 4.69) is 20.3 Å². The number of nitrogens with zero attached hydrogens (tertiary/aromatic N) is 3. The molecule has 0 bridgehead atoms. The maximum Gasteiger partial charge on any atom is 0.352 e. The van der Waals surface area contributed by atoms with Crippen molar-refractivity contribution in [3.8, 4) is 0 Å². The molecular formula is C14H16ClN5O5S2. The van der Waals surface area contributed by atoms with Crippen LogP contribution in [0.5, 0.6) is 0 Å². The van der Waals surface area contributed by atoms with Crippen LogP contribution in [0.2, 0.25) is 0 Å². The van der Waals surface area contributed by atoms with Crippen LogP contribution in [-0.4, -0.2) is 62.3 Å². The van der Waals surface area contributed by atoms with Crippen LogP contribution in [0.4, 0.5) is 5.13 Å². The third-order valence-corrected chi connectivity index (χ3v) is 5.72. The Morgan fingerprint density at radius 1 is 1.48 bits per heavy atom. The number of thiazole rings is 1. The van der Waals surface area contributed by atoms with Crippen molar-refractivity contribution in [1.29, 1.82) is 0 Å². The van der Waals surface area contributed by atoms with Gasteiger partial charge in [-0.15, -0.1) is 35.5 Å². The Kier molecular flexibility index (Phi) is 6.34. The number of hydrogen-bond donors (Lipinski definition) is 3. The first-order chi connectivity index (χ1) is 12.3. The second-order valence-electron chi connectivity index (χ2n) is 5.44. The Morgan fingerprint density at radius 3 is 2.74 bits per heavy atom. The molecule has 2 unspecified atom stereocenters. The summed E-state index contributed by atoms with van der Waals surface area (Å²) in [5.74, 6) is -2.33. The van der Waals surface area contributed by atoms with Gasteiger partial charge >= 0.3 is 5.97 Å². The summed E-state index contributed by atoms with van der Waals surface area (Å²) in [5, 5.41) is 16.7. The number of carbonyl (C=O) groups excluding carboxylic acids is 2. The number of carbonyl (C=O) groups is 3. The lowest BCUT2D eigenvalue weighted by molar-refractivity contribution is -0.150. The van der Waals surface area contributed by atoms with Crippen LogP contribution in [0.15, 0.2) is 22.3 Å². The highest BCUT2D eigenvalue weighted by Crippen LogP contribution is 2.40. The fraction of sp³-hybridized carbons (Fsp3) is 0.357. The summed E-state index contributed by atoms with van der Waals surface area (Å²) in [7, 11) is 1.28. The van der Waals surface area contributed by atoms with Gasteiger partial charge in [0, 0.05) is 10.6 Å². The van der Waals surface area contributed by atoms with Gasteiger partial charge < -0.3 is 21.0 Å². The molecule has 1 saturated heterocycles. The molecule has 2 aliphatic heterocycles. The molecule has 146 valence electrons. The number of aromatic nitrogens is 1. The zero-order chi connectivity index (χ0) is 19.0. The Hall–Kier alpha value is -2.31. The first-order valence-electron chi connectivity index (χ1n) is 7.40. The van der Waals surface area contributed by atoms with Crippen LogP contribution in [0.1, 0.15) is 12.6 Å². The van der Waals surface area contributed by atoms with E-state index in [1.165, 1.54) is 29.8 Å². The van der Waals surface area contributed by atoms with E-state index >= 15 is 0 Å². The van der Waals surface area contributed by atoms with E-state index in [1.807, 2.05) is 6.92 Å². The van der Waals surface area contributed by atoms with Crippen molar-refractivity contribution in [2.75, 3.05) is 12.8 Å². The highest BCUT2D eigenvalue weighted by Gasteiger charge is 2.54. The van der Waals surface area contributed by atoms with Gasteiger partial charge in [0.25, 0.3) is 11.8 Å². The minimum atomic E-state index is -1.18. The summed E-state index contributed by atoms with van der Waals surface area (Å²) >= 11 is 2.52. The molecule has 27 heavy (non-hydrogen) atoms. The molecule has 0 aliphatic carbocycles. The van der Waals surface area contributed by atoms with E-state index in [9.17, 15) is 19.5 Å². The average Bonchev–Trinajstić information content (AvgIpc) is 3.02. The lowest BCUT2D eigenvalue weighted by atomic mass is 10.0. The van der Waals surface area contributed by atoms with Gasteiger partial charge in [-0.2, -0.15) is 0 Å². The molecule has 3 rings (SSSR count). The molecule has 3 atom stereocenters. The highest BCUT2D eigenvalue weighted by atomic mass is 35.5. The van der Waals surface area contributed by atoms with Crippen LogP contribution in [0.25, 0.3) is 0 Å². The molecule has 0 saturated carbocycles. The van der Waals surface area contributed by atoms with Crippen molar-refractivity contribution in [3.63, 3.8) is 0 Å². The van der Waals surface area contributed by atoms with E-state index in [0.717, 1.165) is 11.3 Å². The summed E-state index contributed by atoms with van der Waals surface area (Å²) in [6, 6.07) is -0.865. The topological polar surface area (TPSA) is 147 Å². The zero-order valence-electron chi connectivity index (χ0n) is 14.1. The maximum atomic E-state index is 12.6. The predicted octanol–water partition coefficient (Wildman–Crippen LogP) is 0.255. The van der Waals surface area contributed by atoms with Crippen molar-refractivity contribution in [2.24, 2.45) is 5.16 Å². The standard InChI is InChI=1S/C14H15N5O5S2.ClH/c1-5-3-7(13(22)23)19-11(21)9(12(19)26-5)17-10(20)8(18-24-2)6-4-25-14(15)16-6;/h3-5,9,12H,1-2H3,(H2,15,16)(H,17,20)(H,22,23);1H/b18-8+;/t5?,9?,12-;/m1./s1. The smallest absolute Gasteiger partial charge is 0.352 e. The largest absolute Gasteiger partial charge is 0.477 e. The van der Waals surface area contributed by atoms with Gasteiger partial charge in [0.1, 0.15) is 29.9 Å². The fourth-order valence-electron chi connectivity index (χ4n) is 2.63. The first kappa shape index (κ1) is 21.0. The number of anilines is 1. The van der Waals surface area contributed by atoms with Crippen LogP contribution in [0, 0.1) is 0 Å². The highest BCUT2D eigenvalue weighted by molar-refractivity contribution is 8.00. The second-order valence-corrected chi connectivity index (χ2v) is 7.83. The molecule has 3 heterocycles.